The van der Waals surface area contributed by atoms with Gasteiger partial charge >= 0.3 is 5.97 Å². The van der Waals surface area contributed by atoms with Crippen molar-refractivity contribution in [3.63, 3.8) is 0 Å². The third-order valence-corrected chi connectivity index (χ3v) is 4.43. The highest BCUT2D eigenvalue weighted by Crippen LogP contribution is 2.34. The Bertz CT molecular complexity index is 514. The van der Waals surface area contributed by atoms with E-state index in [1.807, 2.05) is 4.68 Å². The maximum atomic E-state index is 12.0. The van der Waals surface area contributed by atoms with Crippen molar-refractivity contribution < 1.29 is 9.53 Å². The number of esters is 1. The first-order chi connectivity index (χ1) is 10.2. The van der Waals surface area contributed by atoms with Crippen molar-refractivity contribution in [2.24, 2.45) is 0 Å². The summed E-state index contributed by atoms with van der Waals surface area (Å²) in [7, 11) is 1.38. The maximum absolute atomic E-state index is 12.0. The minimum atomic E-state index is -0.407. The summed E-state index contributed by atoms with van der Waals surface area (Å²) in [5.74, 6) is 0.624. The smallest absolute Gasteiger partial charge is 0.345 e. The standard InChI is InChI=1S/C15H24N4O2/c1-21-15(20)12-13(16)19(11-6-4-2-3-5-7-11)18-14(12)17-10-8-9-10/h10-11H,2-9,16H2,1H3,(H,17,18). The SMILES string of the molecule is COC(=O)c1c(NC2CC2)nn(C2CCCCCC2)c1N. The van der Waals surface area contributed by atoms with Gasteiger partial charge in [0, 0.05) is 6.04 Å². The van der Waals surface area contributed by atoms with E-state index < -0.39 is 5.97 Å². The van der Waals surface area contributed by atoms with Crippen LogP contribution in [0.1, 0.15) is 67.8 Å². The molecule has 0 aromatic carbocycles. The second-order valence-corrected chi connectivity index (χ2v) is 6.11. The van der Waals surface area contributed by atoms with Crippen molar-refractivity contribution >= 4 is 17.6 Å². The van der Waals surface area contributed by atoms with Crippen molar-refractivity contribution in [1.29, 1.82) is 0 Å². The molecule has 0 amide bonds. The quantitative estimate of drug-likeness (QED) is 0.658. The summed E-state index contributed by atoms with van der Waals surface area (Å²) in [6.45, 7) is 0. The molecular formula is C15H24N4O2. The molecule has 6 nitrogen and oxygen atoms in total. The number of nitrogen functional groups attached to an aromatic ring is 1. The number of aromatic nitrogens is 2. The van der Waals surface area contributed by atoms with E-state index >= 15 is 0 Å². The molecule has 6 heteroatoms. The lowest BCUT2D eigenvalue weighted by molar-refractivity contribution is 0.0603. The molecule has 1 aromatic rings. The van der Waals surface area contributed by atoms with Gasteiger partial charge in [0.1, 0.15) is 11.4 Å². The predicted molar refractivity (Wildman–Crippen MR) is 81.4 cm³/mol. The molecule has 0 saturated heterocycles. The van der Waals surface area contributed by atoms with E-state index in [4.69, 9.17) is 10.5 Å². The first-order valence-corrected chi connectivity index (χ1v) is 7.93. The first kappa shape index (κ1) is 14.2. The topological polar surface area (TPSA) is 82.2 Å². The minimum absolute atomic E-state index is 0.297. The summed E-state index contributed by atoms with van der Waals surface area (Å²) < 4.78 is 6.72. The third kappa shape index (κ3) is 2.99. The highest BCUT2D eigenvalue weighted by atomic mass is 16.5. The predicted octanol–water partition coefficient (Wildman–Crippen LogP) is 2.72. The fraction of sp³-hybridized carbons (Fsp3) is 0.733. The molecule has 21 heavy (non-hydrogen) atoms. The molecule has 2 saturated carbocycles. The number of anilines is 2. The van der Waals surface area contributed by atoms with Crippen LogP contribution in [0.15, 0.2) is 0 Å². The molecule has 0 radical (unpaired) electrons. The van der Waals surface area contributed by atoms with Gasteiger partial charge in [0.05, 0.1) is 13.2 Å². The number of carbonyl (C=O) groups excluding carboxylic acids is 1. The van der Waals surface area contributed by atoms with Gasteiger partial charge in [-0.3, -0.25) is 0 Å². The van der Waals surface area contributed by atoms with E-state index in [9.17, 15) is 4.79 Å². The molecule has 1 heterocycles. The van der Waals surface area contributed by atoms with E-state index in [0.29, 0.717) is 29.3 Å². The Kier molecular flexibility index (Phi) is 4.03. The molecule has 3 rings (SSSR count). The number of nitrogens with two attached hydrogens (primary N) is 1. The average molecular weight is 292 g/mol. The van der Waals surface area contributed by atoms with Crippen molar-refractivity contribution in [1.82, 2.24) is 9.78 Å². The number of nitrogens with one attached hydrogen (secondary N) is 1. The van der Waals surface area contributed by atoms with Crippen LogP contribution in [0.25, 0.3) is 0 Å². The molecule has 0 spiro atoms. The Morgan fingerprint density at radius 2 is 1.90 bits per heavy atom. The number of nitrogens with zero attached hydrogens (tertiary/aromatic N) is 2. The Morgan fingerprint density at radius 1 is 1.24 bits per heavy atom. The largest absolute Gasteiger partial charge is 0.465 e. The Morgan fingerprint density at radius 3 is 2.48 bits per heavy atom. The van der Waals surface area contributed by atoms with Crippen LogP contribution in [0.4, 0.5) is 11.6 Å². The maximum Gasteiger partial charge on any atom is 0.345 e. The van der Waals surface area contributed by atoms with E-state index in [-0.39, 0.29) is 0 Å². The number of hydrogen-bond acceptors (Lipinski definition) is 5. The van der Waals surface area contributed by atoms with Crippen molar-refractivity contribution in [3.05, 3.63) is 5.56 Å². The van der Waals surface area contributed by atoms with Crippen LogP contribution in [-0.4, -0.2) is 28.9 Å². The Balaban J connectivity index is 1.91. The van der Waals surface area contributed by atoms with Gasteiger partial charge in [-0.25, -0.2) is 9.48 Å². The number of carbonyl (C=O) groups is 1. The van der Waals surface area contributed by atoms with Crippen LogP contribution in [-0.2, 0) is 4.74 Å². The zero-order chi connectivity index (χ0) is 14.8. The number of hydrogen-bond donors (Lipinski definition) is 2. The summed E-state index contributed by atoms with van der Waals surface area (Å²) in [6, 6.07) is 0.718. The Hall–Kier alpha value is -1.72. The molecule has 3 N–H and O–H groups in total. The zero-order valence-corrected chi connectivity index (χ0v) is 12.6. The van der Waals surface area contributed by atoms with E-state index in [2.05, 4.69) is 10.4 Å². The molecule has 2 fully saturated rings. The highest BCUT2D eigenvalue weighted by molar-refractivity contribution is 5.99. The van der Waals surface area contributed by atoms with Gasteiger partial charge in [0.2, 0.25) is 0 Å². The molecule has 0 aliphatic heterocycles. The van der Waals surface area contributed by atoms with Gasteiger partial charge < -0.3 is 15.8 Å². The van der Waals surface area contributed by atoms with Gasteiger partial charge in [-0.15, -0.1) is 0 Å². The number of rotatable bonds is 4. The molecule has 1 aromatic heterocycles. The van der Waals surface area contributed by atoms with Gasteiger partial charge in [-0.2, -0.15) is 5.10 Å². The fourth-order valence-corrected chi connectivity index (χ4v) is 3.05. The van der Waals surface area contributed by atoms with Gasteiger partial charge in [-0.05, 0) is 25.7 Å². The van der Waals surface area contributed by atoms with Crippen LogP contribution < -0.4 is 11.1 Å². The van der Waals surface area contributed by atoms with Crippen molar-refractivity contribution in [2.45, 2.75) is 63.5 Å². The van der Waals surface area contributed by atoms with E-state index in [0.717, 1.165) is 25.7 Å². The molecule has 2 aliphatic rings. The lowest BCUT2D eigenvalue weighted by Crippen LogP contribution is -2.14. The summed E-state index contributed by atoms with van der Waals surface area (Å²) in [5, 5.41) is 7.91. The highest BCUT2D eigenvalue weighted by Gasteiger charge is 2.30. The molecule has 0 bridgehead atoms. The van der Waals surface area contributed by atoms with Gasteiger partial charge in [0.15, 0.2) is 5.82 Å². The summed E-state index contributed by atoms with van der Waals surface area (Å²) in [5.41, 5.74) is 6.62. The van der Waals surface area contributed by atoms with E-state index in [1.54, 1.807) is 0 Å². The average Bonchev–Trinajstić information content (AvgIpc) is 3.26. The summed E-state index contributed by atoms with van der Waals surface area (Å²) >= 11 is 0. The lowest BCUT2D eigenvalue weighted by atomic mass is 10.1. The number of methoxy groups -OCH3 is 1. The van der Waals surface area contributed by atoms with Gasteiger partial charge in [-0.1, -0.05) is 25.7 Å². The van der Waals surface area contributed by atoms with Crippen LogP contribution in [0.3, 0.4) is 0 Å². The number of ether oxygens (including phenoxy) is 1. The van der Waals surface area contributed by atoms with Crippen LogP contribution in [0.2, 0.25) is 0 Å². The molecule has 2 aliphatic carbocycles. The first-order valence-electron chi connectivity index (χ1n) is 7.93. The van der Waals surface area contributed by atoms with Crippen LogP contribution in [0.5, 0.6) is 0 Å². The van der Waals surface area contributed by atoms with Crippen molar-refractivity contribution in [3.8, 4) is 0 Å². The monoisotopic (exact) mass is 292 g/mol. The summed E-state index contributed by atoms with van der Waals surface area (Å²) in [4.78, 5) is 12.0. The van der Waals surface area contributed by atoms with E-state index in [1.165, 1.54) is 32.8 Å². The molecule has 116 valence electrons. The third-order valence-electron chi connectivity index (χ3n) is 4.43. The second kappa shape index (κ2) is 5.95. The van der Waals surface area contributed by atoms with Crippen LogP contribution >= 0.6 is 0 Å². The lowest BCUT2D eigenvalue weighted by Gasteiger charge is -2.16. The molecule has 0 unspecified atom stereocenters. The van der Waals surface area contributed by atoms with Crippen molar-refractivity contribution in [2.75, 3.05) is 18.2 Å². The van der Waals surface area contributed by atoms with Gasteiger partial charge in [0.25, 0.3) is 0 Å². The summed E-state index contributed by atoms with van der Waals surface area (Å²) in [6.07, 6.45) is 9.34. The second-order valence-electron chi connectivity index (χ2n) is 6.11. The zero-order valence-electron chi connectivity index (χ0n) is 12.6. The fourth-order valence-electron chi connectivity index (χ4n) is 3.05. The minimum Gasteiger partial charge on any atom is -0.465 e. The normalized spacial score (nSPS) is 20.0. The molecule has 0 atom stereocenters. The molecular weight excluding hydrogens is 268 g/mol. The van der Waals surface area contributed by atoms with Crippen LogP contribution in [0, 0.1) is 0 Å². The Labute approximate surface area is 125 Å².